The predicted octanol–water partition coefficient (Wildman–Crippen LogP) is 5.38. The molecule has 1 heterocycles. The standard InChI is InChI=1S/C15H12Cl3NOS/c16-8-1-2-9(11(17)7-8)10-3-4-12(10)19-15(20)13-5-6-14(18)21-13/h1-2,5-7,10,12H,3-4H2,(H,19,20)/t10-,12-/m0/s1. The van der Waals surface area contributed by atoms with Crippen molar-refractivity contribution < 1.29 is 4.79 Å². The van der Waals surface area contributed by atoms with Gasteiger partial charge in [0.25, 0.3) is 5.91 Å². The first-order valence-electron chi connectivity index (χ1n) is 6.56. The molecule has 1 N–H and O–H groups in total. The molecule has 0 bridgehead atoms. The Bertz CT molecular complexity index is 685. The lowest BCUT2D eigenvalue weighted by atomic mass is 9.75. The van der Waals surface area contributed by atoms with Crippen LogP contribution in [0.5, 0.6) is 0 Å². The molecule has 2 nitrogen and oxygen atoms in total. The molecule has 1 saturated carbocycles. The molecule has 1 aromatic carbocycles. The van der Waals surface area contributed by atoms with Crippen LogP contribution in [-0.4, -0.2) is 11.9 Å². The highest BCUT2D eigenvalue weighted by Gasteiger charge is 2.34. The van der Waals surface area contributed by atoms with Gasteiger partial charge in [0.1, 0.15) is 0 Å². The lowest BCUT2D eigenvalue weighted by Gasteiger charge is -2.38. The van der Waals surface area contributed by atoms with Gasteiger partial charge < -0.3 is 5.32 Å². The largest absolute Gasteiger partial charge is 0.348 e. The van der Waals surface area contributed by atoms with E-state index in [0.717, 1.165) is 18.4 Å². The molecular weight excluding hydrogens is 349 g/mol. The summed E-state index contributed by atoms with van der Waals surface area (Å²) in [6.45, 7) is 0. The number of hydrogen-bond donors (Lipinski definition) is 1. The van der Waals surface area contributed by atoms with Crippen LogP contribution in [0.15, 0.2) is 30.3 Å². The fourth-order valence-electron chi connectivity index (χ4n) is 2.52. The Morgan fingerprint density at radius 2 is 1.95 bits per heavy atom. The molecule has 6 heteroatoms. The highest BCUT2D eigenvalue weighted by Crippen LogP contribution is 2.41. The zero-order valence-electron chi connectivity index (χ0n) is 10.9. The Hall–Kier alpha value is -0.740. The lowest BCUT2D eigenvalue weighted by Crippen LogP contribution is -2.45. The summed E-state index contributed by atoms with van der Waals surface area (Å²) in [5.74, 6) is 0.167. The zero-order valence-corrected chi connectivity index (χ0v) is 14.0. The molecule has 2 aromatic rings. The first kappa shape index (κ1) is 15.2. The molecule has 0 aliphatic heterocycles. The van der Waals surface area contributed by atoms with Gasteiger partial charge in [0.05, 0.1) is 9.21 Å². The lowest BCUT2D eigenvalue weighted by molar-refractivity contribution is 0.0909. The maximum absolute atomic E-state index is 12.2. The summed E-state index contributed by atoms with van der Waals surface area (Å²) in [5.41, 5.74) is 1.04. The van der Waals surface area contributed by atoms with Crippen molar-refractivity contribution in [2.45, 2.75) is 24.8 Å². The molecule has 1 aliphatic carbocycles. The van der Waals surface area contributed by atoms with Gasteiger partial charge >= 0.3 is 0 Å². The summed E-state index contributed by atoms with van der Waals surface area (Å²) in [6.07, 6.45) is 1.96. The van der Waals surface area contributed by atoms with E-state index in [1.807, 2.05) is 12.1 Å². The van der Waals surface area contributed by atoms with Crippen LogP contribution in [0.2, 0.25) is 14.4 Å². The van der Waals surface area contributed by atoms with E-state index in [0.29, 0.717) is 19.3 Å². The van der Waals surface area contributed by atoms with Gasteiger partial charge in [0.15, 0.2) is 0 Å². The van der Waals surface area contributed by atoms with E-state index in [1.54, 1.807) is 18.2 Å². The Morgan fingerprint density at radius 1 is 1.14 bits per heavy atom. The van der Waals surface area contributed by atoms with Crippen molar-refractivity contribution >= 4 is 52.0 Å². The van der Waals surface area contributed by atoms with Crippen molar-refractivity contribution in [3.63, 3.8) is 0 Å². The van der Waals surface area contributed by atoms with Crippen LogP contribution in [-0.2, 0) is 0 Å². The van der Waals surface area contributed by atoms with Crippen LogP contribution in [0, 0.1) is 0 Å². The molecule has 0 spiro atoms. The number of rotatable bonds is 3. The summed E-state index contributed by atoms with van der Waals surface area (Å²) >= 11 is 19.3. The molecule has 1 amide bonds. The van der Waals surface area contributed by atoms with Crippen LogP contribution in [0.1, 0.15) is 34.0 Å². The van der Waals surface area contributed by atoms with Crippen molar-refractivity contribution in [2.24, 2.45) is 0 Å². The molecule has 1 aliphatic rings. The highest BCUT2D eigenvalue weighted by atomic mass is 35.5. The van der Waals surface area contributed by atoms with Crippen LogP contribution < -0.4 is 5.32 Å². The van der Waals surface area contributed by atoms with Gasteiger partial charge in [-0.3, -0.25) is 4.79 Å². The van der Waals surface area contributed by atoms with E-state index in [2.05, 4.69) is 5.32 Å². The van der Waals surface area contributed by atoms with E-state index in [4.69, 9.17) is 34.8 Å². The van der Waals surface area contributed by atoms with Gasteiger partial charge in [-0.15, -0.1) is 11.3 Å². The minimum absolute atomic E-state index is 0.0771. The van der Waals surface area contributed by atoms with Crippen LogP contribution >= 0.6 is 46.1 Å². The summed E-state index contributed by atoms with van der Waals surface area (Å²) in [6, 6.07) is 9.10. The van der Waals surface area contributed by atoms with Gasteiger partial charge in [-0.05, 0) is 42.7 Å². The quantitative estimate of drug-likeness (QED) is 0.781. The molecule has 1 aromatic heterocycles. The molecule has 2 atom stereocenters. The molecule has 1 fully saturated rings. The van der Waals surface area contributed by atoms with Crippen LogP contribution in [0.25, 0.3) is 0 Å². The topological polar surface area (TPSA) is 29.1 Å². The monoisotopic (exact) mass is 359 g/mol. The molecule has 0 unspecified atom stereocenters. The number of amides is 1. The molecule has 21 heavy (non-hydrogen) atoms. The van der Waals surface area contributed by atoms with Crippen molar-refractivity contribution in [2.75, 3.05) is 0 Å². The summed E-state index contributed by atoms with van der Waals surface area (Å²) in [5, 5.41) is 4.34. The first-order chi connectivity index (χ1) is 10.0. The third-order valence-corrected chi connectivity index (χ3v) is 5.54. The van der Waals surface area contributed by atoms with E-state index in [1.165, 1.54) is 11.3 Å². The van der Waals surface area contributed by atoms with Gasteiger partial charge in [-0.2, -0.15) is 0 Å². The SMILES string of the molecule is O=C(N[C@H]1CC[C@H]1c1ccc(Cl)cc1Cl)c1ccc(Cl)s1. The minimum Gasteiger partial charge on any atom is -0.348 e. The second-order valence-corrected chi connectivity index (χ2v) is 7.59. The molecule has 110 valence electrons. The van der Waals surface area contributed by atoms with Crippen molar-refractivity contribution in [3.8, 4) is 0 Å². The minimum atomic E-state index is -0.0771. The number of benzene rings is 1. The van der Waals surface area contributed by atoms with E-state index in [-0.39, 0.29) is 17.9 Å². The number of carbonyl (C=O) groups is 1. The predicted molar refractivity (Wildman–Crippen MR) is 89.0 cm³/mol. The molecule has 3 rings (SSSR count). The first-order valence-corrected chi connectivity index (χ1v) is 8.51. The van der Waals surface area contributed by atoms with Crippen molar-refractivity contribution in [1.29, 1.82) is 0 Å². The number of thiophene rings is 1. The average molecular weight is 361 g/mol. The van der Waals surface area contributed by atoms with Gasteiger partial charge in [0, 0.05) is 22.0 Å². The second-order valence-electron chi connectivity index (χ2n) is 5.03. The number of hydrogen-bond acceptors (Lipinski definition) is 2. The van der Waals surface area contributed by atoms with Crippen molar-refractivity contribution in [3.05, 3.63) is 55.2 Å². The Balaban J connectivity index is 1.71. The highest BCUT2D eigenvalue weighted by molar-refractivity contribution is 7.18. The van der Waals surface area contributed by atoms with Crippen LogP contribution in [0.3, 0.4) is 0 Å². The molecule has 0 radical (unpaired) electrons. The average Bonchev–Trinajstić information content (AvgIpc) is 2.84. The Labute approximate surface area is 142 Å². The number of nitrogens with one attached hydrogen (secondary N) is 1. The summed E-state index contributed by atoms with van der Waals surface area (Å²) < 4.78 is 0.617. The van der Waals surface area contributed by atoms with Crippen LogP contribution in [0.4, 0.5) is 0 Å². The third kappa shape index (κ3) is 3.21. The summed E-state index contributed by atoms with van der Waals surface area (Å²) in [4.78, 5) is 12.8. The van der Waals surface area contributed by atoms with E-state index >= 15 is 0 Å². The maximum Gasteiger partial charge on any atom is 0.261 e. The fourth-order valence-corrected chi connectivity index (χ4v) is 4.02. The fraction of sp³-hybridized carbons (Fsp3) is 0.267. The third-order valence-electron chi connectivity index (χ3n) is 3.75. The zero-order chi connectivity index (χ0) is 15.0. The second kappa shape index (κ2) is 6.17. The van der Waals surface area contributed by atoms with Gasteiger partial charge in [0.2, 0.25) is 0 Å². The van der Waals surface area contributed by atoms with Gasteiger partial charge in [-0.1, -0.05) is 40.9 Å². The summed E-state index contributed by atoms with van der Waals surface area (Å²) in [7, 11) is 0. The van der Waals surface area contributed by atoms with Gasteiger partial charge in [-0.25, -0.2) is 0 Å². The Morgan fingerprint density at radius 3 is 2.52 bits per heavy atom. The normalized spacial score (nSPS) is 20.9. The number of carbonyl (C=O) groups excluding carboxylic acids is 1. The van der Waals surface area contributed by atoms with E-state index in [9.17, 15) is 4.79 Å². The smallest absolute Gasteiger partial charge is 0.261 e. The molecule has 0 saturated heterocycles. The maximum atomic E-state index is 12.2. The Kier molecular flexibility index (Phi) is 4.46. The van der Waals surface area contributed by atoms with E-state index < -0.39 is 0 Å². The molecular formula is C15H12Cl3NOS. The van der Waals surface area contributed by atoms with Crippen molar-refractivity contribution in [1.82, 2.24) is 5.32 Å². The number of halogens is 3.